The molecule has 1 fully saturated rings. The minimum Gasteiger partial charge on any atom is -0.481 e. The third kappa shape index (κ3) is 5.44. The van der Waals surface area contributed by atoms with Crippen LogP contribution in [0.2, 0.25) is 0 Å². The average molecular weight is 501 g/mol. The Morgan fingerprint density at radius 3 is 2.81 bits per heavy atom. The van der Waals surface area contributed by atoms with E-state index in [2.05, 4.69) is 27.2 Å². The molecule has 4 heterocycles. The molecule has 0 aromatic carbocycles. The first-order chi connectivity index (χ1) is 17.2. The van der Waals surface area contributed by atoms with Gasteiger partial charge in [-0.25, -0.2) is 23.4 Å². The molecule has 1 saturated heterocycles. The van der Waals surface area contributed by atoms with E-state index in [1.165, 1.54) is 0 Å². The second kappa shape index (κ2) is 10.5. The number of carboxylic acids is 1. The van der Waals surface area contributed by atoms with Crippen molar-refractivity contribution in [1.82, 2.24) is 25.0 Å². The molecule has 192 valence electrons. The minimum atomic E-state index is -3.10. The van der Waals surface area contributed by atoms with Gasteiger partial charge in [0.2, 0.25) is 5.88 Å². The van der Waals surface area contributed by atoms with Crippen molar-refractivity contribution in [3.05, 3.63) is 47.4 Å². The second-order valence-corrected chi connectivity index (χ2v) is 9.08. The highest BCUT2D eigenvalue weighted by Gasteiger charge is 2.45. The highest BCUT2D eigenvalue weighted by molar-refractivity contribution is 5.67. The molecule has 1 aliphatic rings. The van der Waals surface area contributed by atoms with Gasteiger partial charge in [0.25, 0.3) is 5.92 Å². The van der Waals surface area contributed by atoms with Gasteiger partial charge in [0.15, 0.2) is 0 Å². The van der Waals surface area contributed by atoms with Crippen LogP contribution in [0.4, 0.5) is 14.5 Å². The van der Waals surface area contributed by atoms with Gasteiger partial charge in [-0.15, -0.1) is 5.10 Å². The maximum absolute atomic E-state index is 14.6. The molecule has 1 aliphatic heterocycles. The topological polar surface area (TPSA) is 106 Å². The Hall–Kier alpha value is -3.63. The standard InChI is InChI=1S/C25H30F2N6O3/c1-4-6-17-7-5-11-28-24(17)36-14-21-23(30-31-32(21)3)19-8-9-20(16(2)29-19)33-12-10-18(13-22(34)35)25(26,27)15-33/h5,7-9,11,18H,4,6,10,12-15H2,1-3H3,(H,34,35). The van der Waals surface area contributed by atoms with Crippen LogP contribution < -0.4 is 9.64 Å². The Labute approximate surface area is 208 Å². The van der Waals surface area contributed by atoms with Crippen LogP contribution in [0.15, 0.2) is 30.5 Å². The van der Waals surface area contributed by atoms with Gasteiger partial charge < -0.3 is 14.7 Å². The summed E-state index contributed by atoms with van der Waals surface area (Å²) < 4.78 is 36.9. The predicted octanol–water partition coefficient (Wildman–Crippen LogP) is 4.05. The molecule has 36 heavy (non-hydrogen) atoms. The molecule has 0 radical (unpaired) electrons. The Morgan fingerprint density at radius 1 is 1.31 bits per heavy atom. The number of halogens is 2. The number of nitrogens with zero attached hydrogens (tertiary/aromatic N) is 6. The molecule has 3 aromatic heterocycles. The number of aliphatic carboxylic acids is 1. The lowest BCUT2D eigenvalue weighted by atomic mass is 9.89. The van der Waals surface area contributed by atoms with Gasteiger partial charge in [0, 0.05) is 31.3 Å². The van der Waals surface area contributed by atoms with Crippen LogP contribution in [0.25, 0.3) is 11.4 Å². The van der Waals surface area contributed by atoms with Crippen LogP contribution in [0.3, 0.4) is 0 Å². The largest absolute Gasteiger partial charge is 0.481 e. The number of anilines is 1. The van der Waals surface area contributed by atoms with E-state index in [0.29, 0.717) is 40.9 Å². The molecule has 0 saturated carbocycles. The van der Waals surface area contributed by atoms with E-state index >= 15 is 0 Å². The summed E-state index contributed by atoms with van der Waals surface area (Å²) in [5.74, 6) is -4.90. The molecule has 0 spiro atoms. The lowest BCUT2D eigenvalue weighted by molar-refractivity contribution is -0.144. The number of carboxylic acid groups (broad SMARTS) is 1. The van der Waals surface area contributed by atoms with E-state index in [0.717, 1.165) is 18.4 Å². The molecule has 1 N–H and O–H groups in total. The number of piperidine rings is 1. The van der Waals surface area contributed by atoms with Crippen molar-refractivity contribution in [2.75, 3.05) is 18.0 Å². The van der Waals surface area contributed by atoms with Crippen molar-refractivity contribution in [3.63, 3.8) is 0 Å². The van der Waals surface area contributed by atoms with Crippen LogP contribution in [-0.4, -0.2) is 55.0 Å². The summed E-state index contributed by atoms with van der Waals surface area (Å²) in [6, 6.07) is 7.36. The molecule has 0 amide bonds. The van der Waals surface area contributed by atoms with Crippen molar-refractivity contribution >= 4 is 11.7 Å². The lowest BCUT2D eigenvalue weighted by Crippen LogP contribution is -2.49. The third-order valence-electron chi connectivity index (χ3n) is 6.47. The molecule has 11 heteroatoms. The Balaban J connectivity index is 1.52. The summed E-state index contributed by atoms with van der Waals surface area (Å²) in [4.78, 5) is 21.5. The predicted molar refractivity (Wildman–Crippen MR) is 129 cm³/mol. The summed E-state index contributed by atoms with van der Waals surface area (Å²) in [5, 5.41) is 17.3. The van der Waals surface area contributed by atoms with Gasteiger partial charge in [0.1, 0.15) is 18.0 Å². The smallest absolute Gasteiger partial charge is 0.303 e. The fourth-order valence-corrected chi connectivity index (χ4v) is 4.56. The van der Waals surface area contributed by atoms with Gasteiger partial charge >= 0.3 is 5.97 Å². The van der Waals surface area contributed by atoms with Gasteiger partial charge in [-0.05, 0) is 38.0 Å². The maximum Gasteiger partial charge on any atom is 0.303 e. The van der Waals surface area contributed by atoms with Gasteiger partial charge in [-0.1, -0.05) is 24.6 Å². The molecule has 1 unspecified atom stereocenters. The van der Waals surface area contributed by atoms with Crippen molar-refractivity contribution in [3.8, 4) is 17.3 Å². The SMILES string of the molecule is CCCc1cccnc1OCc1c(-c2ccc(N3CCC(CC(=O)O)C(F)(F)C3)c(C)n2)nnn1C. The number of aryl methyl sites for hydroxylation is 3. The van der Waals surface area contributed by atoms with E-state index in [1.807, 2.05) is 12.1 Å². The van der Waals surface area contributed by atoms with Crippen molar-refractivity contribution in [2.45, 2.75) is 52.1 Å². The summed E-state index contributed by atoms with van der Waals surface area (Å²) in [6.45, 7) is 3.85. The first kappa shape index (κ1) is 25.5. The normalized spacial score (nSPS) is 17.2. The lowest BCUT2D eigenvalue weighted by Gasteiger charge is -2.39. The van der Waals surface area contributed by atoms with Crippen LogP contribution in [-0.2, 0) is 24.9 Å². The van der Waals surface area contributed by atoms with Crippen LogP contribution in [0.1, 0.15) is 43.1 Å². The molecule has 3 aromatic rings. The number of rotatable bonds is 9. The zero-order chi connectivity index (χ0) is 25.9. The highest BCUT2D eigenvalue weighted by atomic mass is 19.3. The van der Waals surface area contributed by atoms with E-state index in [-0.39, 0.29) is 13.0 Å². The number of carbonyl (C=O) groups is 1. The number of hydrogen-bond donors (Lipinski definition) is 1. The molecule has 0 aliphatic carbocycles. The first-order valence-electron chi connectivity index (χ1n) is 12.0. The summed E-state index contributed by atoms with van der Waals surface area (Å²) >= 11 is 0. The number of alkyl halides is 2. The average Bonchev–Trinajstić information content (AvgIpc) is 3.20. The molecular weight excluding hydrogens is 470 g/mol. The van der Waals surface area contributed by atoms with E-state index in [4.69, 9.17) is 9.84 Å². The number of pyridine rings is 2. The summed E-state index contributed by atoms with van der Waals surface area (Å²) in [7, 11) is 1.77. The van der Waals surface area contributed by atoms with E-state index in [1.54, 1.807) is 41.9 Å². The van der Waals surface area contributed by atoms with E-state index < -0.39 is 30.8 Å². The maximum atomic E-state index is 14.6. The molecular formula is C25H30F2N6O3. The Bertz CT molecular complexity index is 1230. The van der Waals surface area contributed by atoms with Crippen molar-refractivity contribution < 1.29 is 23.4 Å². The zero-order valence-electron chi connectivity index (χ0n) is 20.6. The number of aromatic nitrogens is 5. The summed E-state index contributed by atoms with van der Waals surface area (Å²) in [5.41, 5.74) is 4.01. The fourth-order valence-electron chi connectivity index (χ4n) is 4.56. The fraction of sp³-hybridized carbons (Fsp3) is 0.480. The molecule has 4 rings (SSSR count). The highest BCUT2D eigenvalue weighted by Crippen LogP contribution is 2.38. The number of ether oxygens (including phenoxy) is 1. The number of hydrogen-bond acceptors (Lipinski definition) is 7. The Kier molecular flexibility index (Phi) is 7.46. The van der Waals surface area contributed by atoms with Crippen LogP contribution in [0, 0.1) is 12.8 Å². The van der Waals surface area contributed by atoms with Crippen LogP contribution in [0.5, 0.6) is 5.88 Å². The molecule has 1 atom stereocenters. The third-order valence-corrected chi connectivity index (χ3v) is 6.47. The monoisotopic (exact) mass is 500 g/mol. The Morgan fingerprint density at radius 2 is 2.11 bits per heavy atom. The molecule has 0 bridgehead atoms. The van der Waals surface area contributed by atoms with E-state index in [9.17, 15) is 13.6 Å². The van der Waals surface area contributed by atoms with Crippen LogP contribution >= 0.6 is 0 Å². The minimum absolute atomic E-state index is 0.0969. The van der Waals surface area contributed by atoms with Gasteiger partial charge in [-0.2, -0.15) is 0 Å². The molecule has 9 nitrogen and oxygen atoms in total. The zero-order valence-corrected chi connectivity index (χ0v) is 20.6. The van der Waals surface area contributed by atoms with Crippen molar-refractivity contribution in [1.29, 1.82) is 0 Å². The second-order valence-electron chi connectivity index (χ2n) is 9.08. The van der Waals surface area contributed by atoms with Crippen molar-refractivity contribution in [2.24, 2.45) is 13.0 Å². The van der Waals surface area contributed by atoms with Gasteiger partial charge in [-0.3, -0.25) is 4.79 Å². The quantitative estimate of drug-likeness (QED) is 0.469. The van der Waals surface area contributed by atoms with Gasteiger partial charge in [0.05, 0.1) is 30.0 Å². The summed E-state index contributed by atoms with van der Waals surface area (Å²) in [6.07, 6.45) is 3.08. The first-order valence-corrected chi connectivity index (χ1v) is 12.0.